The zero-order valence-electron chi connectivity index (χ0n) is 22.1. The molecule has 0 saturated heterocycles. The lowest BCUT2D eigenvalue weighted by atomic mass is 9.95. The van der Waals surface area contributed by atoms with Crippen LogP contribution in [-0.2, 0) is 0 Å². The summed E-state index contributed by atoms with van der Waals surface area (Å²) in [6.07, 6.45) is -0.0913. The summed E-state index contributed by atoms with van der Waals surface area (Å²) < 4.78 is 0. The summed E-state index contributed by atoms with van der Waals surface area (Å²) in [6, 6.07) is 0. The first kappa shape index (κ1) is 35.4. The van der Waals surface area contributed by atoms with Crippen molar-refractivity contribution in [3.8, 4) is 0 Å². The molecule has 0 bridgehead atoms. The maximum Gasteiger partial charge on any atom is 0.0599 e. The average molecular weight is 523 g/mol. The lowest BCUT2D eigenvalue weighted by Crippen LogP contribution is -2.30. The fraction of sp³-hybridized carbons (Fsp3) is 0.926. The molecule has 0 aliphatic heterocycles. The van der Waals surface area contributed by atoms with Gasteiger partial charge in [-0.2, -0.15) is 0 Å². The Morgan fingerprint density at radius 3 is 1.14 bits per heavy atom. The molecule has 0 radical (unpaired) electrons. The fourth-order valence-electron chi connectivity index (χ4n) is 4.60. The van der Waals surface area contributed by atoms with Gasteiger partial charge in [-0.1, -0.05) is 38.7 Å². The van der Waals surface area contributed by atoms with E-state index in [1.54, 1.807) is 6.08 Å². The highest BCUT2D eigenvalue weighted by Gasteiger charge is 2.23. The second kappa shape index (κ2) is 21.3. The van der Waals surface area contributed by atoms with Gasteiger partial charge in [-0.3, -0.25) is 0 Å². The van der Waals surface area contributed by atoms with Crippen molar-refractivity contribution < 1.29 is 46.0 Å². The van der Waals surface area contributed by atoms with E-state index in [4.69, 9.17) is 0 Å². The normalized spacial score (nSPS) is 19.6. The van der Waals surface area contributed by atoms with Gasteiger partial charge in [0.15, 0.2) is 0 Å². The number of unbranched alkanes of at least 4 members (excludes halogenated alkanes) is 2. The molecule has 9 unspecified atom stereocenters. The molecule has 216 valence electrons. The van der Waals surface area contributed by atoms with Crippen LogP contribution in [0.2, 0.25) is 0 Å². The molecular weight excluding hydrogens is 468 g/mol. The number of aliphatic hydroxyl groups excluding tert-OH is 9. The summed E-state index contributed by atoms with van der Waals surface area (Å²) in [5.41, 5.74) is 0. The molecule has 36 heavy (non-hydrogen) atoms. The number of hydrogen-bond donors (Lipinski definition) is 9. The zero-order valence-corrected chi connectivity index (χ0v) is 22.1. The Bertz CT molecular complexity index is 521. The Balaban J connectivity index is 4.06. The van der Waals surface area contributed by atoms with Crippen molar-refractivity contribution in [3.63, 3.8) is 0 Å². The molecule has 9 nitrogen and oxygen atoms in total. The Labute approximate surface area is 217 Å². The summed E-state index contributed by atoms with van der Waals surface area (Å²) in [7, 11) is 0. The first-order valence-electron chi connectivity index (χ1n) is 13.7. The second-order valence-corrected chi connectivity index (χ2v) is 10.5. The van der Waals surface area contributed by atoms with Gasteiger partial charge >= 0.3 is 0 Å². The molecule has 0 fully saturated rings. The minimum Gasteiger partial charge on any atom is -0.393 e. The topological polar surface area (TPSA) is 182 Å². The third-order valence-electron chi connectivity index (χ3n) is 6.44. The van der Waals surface area contributed by atoms with Crippen LogP contribution >= 0.6 is 0 Å². The van der Waals surface area contributed by atoms with Crippen LogP contribution in [0.4, 0.5) is 0 Å². The van der Waals surface area contributed by atoms with Crippen LogP contribution in [0.25, 0.3) is 0 Å². The number of aliphatic hydroxyl groups is 9. The first-order valence-corrected chi connectivity index (χ1v) is 13.7. The molecule has 0 aliphatic rings. The van der Waals surface area contributed by atoms with Gasteiger partial charge in [0.25, 0.3) is 0 Å². The molecule has 0 saturated carbocycles. The Morgan fingerprint density at radius 1 is 0.444 bits per heavy atom. The van der Waals surface area contributed by atoms with Crippen LogP contribution in [-0.4, -0.2) is 101 Å². The molecule has 0 aromatic rings. The van der Waals surface area contributed by atoms with Gasteiger partial charge in [0.2, 0.25) is 0 Å². The van der Waals surface area contributed by atoms with E-state index in [1.807, 2.05) is 6.92 Å². The fourth-order valence-corrected chi connectivity index (χ4v) is 4.60. The average Bonchev–Trinajstić information content (AvgIpc) is 2.72. The Morgan fingerprint density at radius 2 is 0.778 bits per heavy atom. The smallest absolute Gasteiger partial charge is 0.0599 e. The summed E-state index contributed by atoms with van der Waals surface area (Å²) in [5, 5.41) is 90.0. The van der Waals surface area contributed by atoms with Crippen LogP contribution in [0, 0.1) is 0 Å². The molecule has 0 aromatic carbocycles. The van der Waals surface area contributed by atoms with Crippen LogP contribution in [0.1, 0.15) is 103 Å². The molecular formula is C27H54O9. The predicted octanol–water partition coefficient (Wildman–Crippen LogP) is 1.29. The molecule has 0 heterocycles. The number of rotatable bonds is 24. The third kappa shape index (κ3) is 20.4. The minimum absolute atomic E-state index is 0.00468. The van der Waals surface area contributed by atoms with Crippen molar-refractivity contribution >= 4 is 0 Å². The van der Waals surface area contributed by atoms with E-state index in [0.29, 0.717) is 12.8 Å². The molecule has 9 N–H and O–H groups in total. The quantitative estimate of drug-likeness (QED) is 0.0666. The monoisotopic (exact) mass is 522 g/mol. The molecule has 0 rings (SSSR count). The molecule has 0 amide bonds. The van der Waals surface area contributed by atoms with Crippen molar-refractivity contribution in [3.05, 3.63) is 12.7 Å². The summed E-state index contributed by atoms with van der Waals surface area (Å²) in [6.45, 7) is 5.55. The first-order chi connectivity index (χ1) is 17.0. The Kier molecular flexibility index (Phi) is 21.0. The van der Waals surface area contributed by atoms with Gasteiger partial charge in [0, 0.05) is 0 Å². The van der Waals surface area contributed by atoms with Crippen LogP contribution < -0.4 is 0 Å². The highest BCUT2D eigenvalue weighted by atomic mass is 16.3. The van der Waals surface area contributed by atoms with E-state index in [2.05, 4.69) is 6.58 Å². The van der Waals surface area contributed by atoms with Gasteiger partial charge in [-0.05, 0) is 70.6 Å². The highest BCUT2D eigenvalue weighted by Crippen LogP contribution is 2.18. The maximum absolute atomic E-state index is 10.2. The van der Waals surface area contributed by atoms with Gasteiger partial charge in [-0.25, -0.2) is 0 Å². The maximum atomic E-state index is 10.2. The largest absolute Gasteiger partial charge is 0.393 e. The van der Waals surface area contributed by atoms with Gasteiger partial charge in [-0.15, -0.1) is 6.58 Å². The Hall–Kier alpha value is -0.620. The minimum atomic E-state index is -1.04. The van der Waals surface area contributed by atoms with Gasteiger partial charge < -0.3 is 46.0 Å². The molecule has 0 aromatic heterocycles. The van der Waals surface area contributed by atoms with Crippen LogP contribution in [0.15, 0.2) is 12.7 Å². The van der Waals surface area contributed by atoms with Gasteiger partial charge in [0.05, 0.1) is 54.9 Å². The predicted molar refractivity (Wildman–Crippen MR) is 139 cm³/mol. The van der Waals surface area contributed by atoms with Crippen molar-refractivity contribution in [2.45, 2.75) is 158 Å². The van der Waals surface area contributed by atoms with E-state index < -0.39 is 48.8 Å². The van der Waals surface area contributed by atoms with Crippen LogP contribution in [0.5, 0.6) is 0 Å². The van der Waals surface area contributed by atoms with E-state index in [-0.39, 0.29) is 51.0 Å². The van der Waals surface area contributed by atoms with Crippen molar-refractivity contribution in [2.24, 2.45) is 0 Å². The van der Waals surface area contributed by atoms with E-state index in [0.717, 1.165) is 38.5 Å². The SMILES string of the molecule is C=CCC(O)CC(O)CC(O)CC(O)CC(O)CC(O)CC(O)CC(O)CCCCCC(O)CCC. The third-order valence-corrected chi connectivity index (χ3v) is 6.44. The second-order valence-electron chi connectivity index (χ2n) is 10.5. The van der Waals surface area contributed by atoms with E-state index in [1.165, 1.54) is 0 Å². The van der Waals surface area contributed by atoms with Gasteiger partial charge in [0.1, 0.15) is 0 Å². The van der Waals surface area contributed by atoms with E-state index >= 15 is 0 Å². The van der Waals surface area contributed by atoms with E-state index in [9.17, 15) is 46.0 Å². The lowest BCUT2D eigenvalue weighted by Gasteiger charge is -2.23. The summed E-state index contributed by atoms with van der Waals surface area (Å²) in [5.74, 6) is 0. The van der Waals surface area contributed by atoms with Crippen LogP contribution in [0.3, 0.4) is 0 Å². The number of hydrogen-bond acceptors (Lipinski definition) is 9. The summed E-state index contributed by atoms with van der Waals surface area (Å²) in [4.78, 5) is 0. The molecule has 0 aliphatic carbocycles. The van der Waals surface area contributed by atoms with Crippen molar-refractivity contribution in [1.82, 2.24) is 0 Å². The molecule has 9 atom stereocenters. The molecule has 0 spiro atoms. The van der Waals surface area contributed by atoms with Crippen molar-refractivity contribution in [2.75, 3.05) is 0 Å². The van der Waals surface area contributed by atoms with Crippen molar-refractivity contribution in [1.29, 1.82) is 0 Å². The molecule has 9 heteroatoms. The highest BCUT2D eigenvalue weighted by molar-refractivity contribution is 4.78. The summed E-state index contributed by atoms with van der Waals surface area (Å²) >= 11 is 0. The standard InChI is InChI=1S/C27H54O9/c1-3-8-19(28)10-6-5-7-11-21(30)13-23(32)15-25(34)17-27(36)18-26(35)16-24(33)14-22(31)12-20(29)9-4-2/h4,19-36H,2-3,5-18H2,1H3. The zero-order chi connectivity index (χ0) is 27.5. The lowest BCUT2D eigenvalue weighted by molar-refractivity contribution is -0.00906.